The monoisotopic (exact) mass is 734 g/mol. The van der Waals surface area contributed by atoms with Crippen LogP contribution in [0.4, 0.5) is 4.39 Å². The van der Waals surface area contributed by atoms with Crippen molar-refractivity contribution in [1.29, 1.82) is 0 Å². The number of amides is 1. The normalized spacial score (nSPS) is 38.7. The molecule has 1 amide bonds. The molecule has 0 heterocycles. The molecule has 1 aromatic rings. The average Bonchev–Trinajstić information content (AvgIpc) is 3.43. The molecule has 0 radical (unpaired) electrons. The lowest BCUT2D eigenvalue weighted by Crippen LogP contribution is -2.66. The van der Waals surface area contributed by atoms with Crippen molar-refractivity contribution in [2.24, 2.45) is 62.1 Å². The highest BCUT2D eigenvalue weighted by Gasteiger charge is 2.71. The van der Waals surface area contributed by atoms with E-state index in [1.165, 1.54) is 62.7 Å². The maximum atomic E-state index is 13.4. The number of hydrogen-bond donors (Lipinski definition) is 2. The Morgan fingerprint density at radius 1 is 0.887 bits per heavy atom. The number of carboxylic acid groups (broad SMARTS) is 1. The van der Waals surface area contributed by atoms with Gasteiger partial charge in [-0.25, -0.2) is 4.39 Å². The molecule has 1 aromatic carbocycles. The highest BCUT2D eigenvalue weighted by atomic mass is 19.1. The summed E-state index contributed by atoms with van der Waals surface area (Å²) in [7, 11) is 0. The summed E-state index contributed by atoms with van der Waals surface area (Å²) in [5.74, 6) is 1.33. The number of ether oxygens (including phenoxy) is 1. The first-order valence-electron chi connectivity index (χ1n) is 20.8. The fourth-order valence-electron chi connectivity index (χ4n) is 14.3. The Kier molecular flexibility index (Phi) is 10.6. The van der Waals surface area contributed by atoms with E-state index in [-0.39, 0.29) is 70.1 Å². The lowest BCUT2D eigenvalue weighted by atomic mass is 9.32. The Morgan fingerprint density at radius 3 is 2.25 bits per heavy atom. The maximum absolute atomic E-state index is 13.4. The van der Waals surface area contributed by atoms with Gasteiger partial charge in [-0.1, -0.05) is 72.8 Å². The Bertz CT molecular complexity index is 1580. The van der Waals surface area contributed by atoms with Crippen molar-refractivity contribution in [2.75, 3.05) is 6.54 Å². The molecule has 0 aliphatic heterocycles. The van der Waals surface area contributed by atoms with Gasteiger partial charge in [0, 0.05) is 12.0 Å². The quantitative estimate of drug-likeness (QED) is 0.174. The van der Waals surface area contributed by atoms with Crippen molar-refractivity contribution in [2.45, 2.75) is 151 Å². The highest BCUT2D eigenvalue weighted by Crippen LogP contribution is 2.78. The summed E-state index contributed by atoms with van der Waals surface area (Å²) in [6, 6.07) is 6.23. The number of carboxylic acids is 1. The molecule has 10 atom stereocenters. The predicted molar refractivity (Wildman–Crippen MR) is 207 cm³/mol. The summed E-state index contributed by atoms with van der Waals surface area (Å²) in [6.45, 7) is 23.7. The topological polar surface area (TPSA) is 92.7 Å². The van der Waals surface area contributed by atoms with Crippen molar-refractivity contribution < 1.29 is 28.6 Å². The smallest absolute Gasteiger partial charge is 0.306 e. The van der Waals surface area contributed by atoms with Gasteiger partial charge in [0.15, 0.2) is 0 Å². The van der Waals surface area contributed by atoms with Crippen molar-refractivity contribution in [3.63, 3.8) is 0 Å². The van der Waals surface area contributed by atoms with E-state index in [2.05, 4.69) is 53.4 Å². The predicted octanol–water partition coefficient (Wildman–Crippen LogP) is 10.3. The molecular formula is C46H68FNO5. The minimum absolute atomic E-state index is 0.00659. The van der Waals surface area contributed by atoms with E-state index in [0.29, 0.717) is 36.1 Å². The van der Waals surface area contributed by atoms with Crippen LogP contribution in [-0.2, 0) is 25.5 Å². The van der Waals surface area contributed by atoms with Crippen molar-refractivity contribution in [3.05, 3.63) is 47.8 Å². The average molecular weight is 734 g/mol. The van der Waals surface area contributed by atoms with Crippen molar-refractivity contribution in [1.82, 2.24) is 5.32 Å². The molecule has 0 spiro atoms. The molecule has 5 aliphatic carbocycles. The fourth-order valence-corrected chi connectivity index (χ4v) is 14.3. The Balaban J connectivity index is 1.18. The molecule has 5 saturated carbocycles. The summed E-state index contributed by atoms with van der Waals surface area (Å²) in [4.78, 5) is 37.6. The van der Waals surface area contributed by atoms with E-state index in [9.17, 15) is 23.9 Å². The number of halogens is 1. The van der Waals surface area contributed by atoms with Gasteiger partial charge in [-0.05, 0) is 152 Å². The number of benzene rings is 1. The van der Waals surface area contributed by atoms with E-state index in [1.807, 2.05) is 13.8 Å². The van der Waals surface area contributed by atoms with Crippen LogP contribution in [0.25, 0.3) is 0 Å². The van der Waals surface area contributed by atoms with Crippen LogP contribution in [0.15, 0.2) is 36.4 Å². The molecule has 5 fully saturated rings. The van der Waals surface area contributed by atoms with Crippen LogP contribution in [0, 0.1) is 67.9 Å². The zero-order chi connectivity index (χ0) is 38.8. The van der Waals surface area contributed by atoms with E-state index >= 15 is 0 Å². The number of hydrogen-bond acceptors (Lipinski definition) is 4. The molecule has 0 saturated heterocycles. The number of esters is 1. The molecule has 2 N–H and O–H groups in total. The van der Waals surface area contributed by atoms with Crippen molar-refractivity contribution in [3.8, 4) is 0 Å². The standard InChI is InChI=1S/C46H68FNO5/c1-29(2)32-16-21-46(24-25-48-37(49)26-30-10-12-31(47)13-11-30)23-22-44(8)33(40(32)46)14-15-35-43(7)19-18-36(42(5,6)34(43)17-20-45(35,44)9)53-39(52)28-41(3,4)27-38(50)51/h10-13,32-36,40H,1,14-28H2,2-9H3,(H,48,49)(H,50,51)/t32-,33?,34?,35?,36-,40?,43-,44+,45+,46+/m0/s1. The van der Waals surface area contributed by atoms with Gasteiger partial charge in [0.1, 0.15) is 11.9 Å². The second-order valence-corrected chi connectivity index (χ2v) is 20.7. The number of carbonyl (C=O) groups excluding carboxylic acids is 2. The molecule has 6 rings (SSSR count). The van der Waals surface area contributed by atoms with E-state index in [1.54, 1.807) is 12.1 Å². The fraction of sp³-hybridized carbons (Fsp3) is 0.761. The van der Waals surface area contributed by atoms with Gasteiger partial charge in [0.2, 0.25) is 5.91 Å². The number of aliphatic carboxylic acids is 1. The lowest BCUT2D eigenvalue weighted by molar-refractivity contribution is -0.250. The van der Waals surface area contributed by atoms with Gasteiger partial charge >= 0.3 is 11.9 Å². The lowest BCUT2D eigenvalue weighted by Gasteiger charge is -2.73. The van der Waals surface area contributed by atoms with Gasteiger partial charge in [0.05, 0.1) is 19.3 Å². The van der Waals surface area contributed by atoms with Crippen LogP contribution >= 0.6 is 0 Å². The zero-order valence-electron chi connectivity index (χ0n) is 34.0. The van der Waals surface area contributed by atoms with E-state index in [0.717, 1.165) is 31.2 Å². The molecule has 7 heteroatoms. The molecule has 294 valence electrons. The number of fused-ring (bicyclic) bond motifs is 7. The van der Waals surface area contributed by atoms with Gasteiger partial charge in [0.25, 0.3) is 0 Å². The third kappa shape index (κ3) is 7.03. The Morgan fingerprint density at radius 2 is 1.58 bits per heavy atom. The summed E-state index contributed by atoms with van der Waals surface area (Å²) in [6.07, 6.45) is 12.7. The second kappa shape index (κ2) is 14.1. The molecule has 4 unspecified atom stereocenters. The first kappa shape index (κ1) is 40.0. The first-order chi connectivity index (χ1) is 24.7. The maximum Gasteiger partial charge on any atom is 0.306 e. The van der Waals surface area contributed by atoms with Gasteiger partial charge < -0.3 is 15.2 Å². The third-order valence-corrected chi connectivity index (χ3v) is 16.9. The summed E-state index contributed by atoms with van der Waals surface area (Å²) in [5.41, 5.74) is 2.14. The minimum atomic E-state index is -0.888. The van der Waals surface area contributed by atoms with Crippen LogP contribution in [0.3, 0.4) is 0 Å². The molecule has 6 nitrogen and oxygen atoms in total. The largest absolute Gasteiger partial charge is 0.481 e. The van der Waals surface area contributed by atoms with Crippen LogP contribution < -0.4 is 5.32 Å². The Labute approximate surface area is 318 Å². The molecule has 53 heavy (non-hydrogen) atoms. The summed E-state index contributed by atoms with van der Waals surface area (Å²) < 4.78 is 19.7. The summed E-state index contributed by atoms with van der Waals surface area (Å²) >= 11 is 0. The molecule has 0 bridgehead atoms. The van der Waals surface area contributed by atoms with Crippen LogP contribution in [0.2, 0.25) is 0 Å². The van der Waals surface area contributed by atoms with Gasteiger partial charge in [-0.2, -0.15) is 0 Å². The van der Waals surface area contributed by atoms with Gasteiger partial charge in [-0.3, -0.25) is 14.4 Å². The van der Waals surface area contributed by atoms with Crippen LogP contribution in [0.5, 0.6) is 0 Å². The third-order valence-electron chi connectivity index (χ3n) is 16.9. The molecular weight excluding hydrogens is 666 g/mol. The minimum Gasteiger partial charge on any atom is -0.481 e. The van der Waals surface area contributed by atoms with Crippen molar-refractivity contribution >= 4 is 17.8 Å². The molecule has 5 aliphatic rings. The van der Waals surface area contributed by atoms with Crippen LogP contribution in [0.1, 0.15) is 144 Å². The summed E-state index contributed by atoms with van der Waals surface area (Å²) in [5, 5.41) is 12.6. The van der Waals surface area contributed by atoms with E-state index in [4.69, 9.17) is 4.74 Å². The SMILES string of the molecule is C=C(C)[C@@H]1CC[C@]2(CCNC(=O)Cc3ccc(F)cc3)CC[C@]3(C)C(CCC4[C@@]5(C)CC[C@H](OC(=O)CC(C)(C)CC(=O)O)C(C)(C)C5CC[C@]43C)C12. The number of allylic oxidation sites excluding steroid dienone is 1. The number of rotatable bonds is 11. The van der Waals surface area contributed by atoms with Crippen LogP contribution in [-0.4, -0.2) is 35.6 Å². The van der Waals surface area contributed by atoms with E-state index < -0.39 is 11.4 Å². The Hall–Kier alpha value is -2.70. The zero-order valence-corrected chi connectivity index (χ0v) is 34.0. The first-order valence-corrected chi connectivity index (χ1v) is 20.8. The highest BCUT2D eigenvalue weighted by molar-refractivity contribution is 5.78. The number of nitrogens with one attached hydrogen (secondary N) is 1. The second-order valence-electron chi connectivity index (χ2n) is 20.7. The molecule has 0 aromatic heterocycles. The number of carbonyl (C=O) groups is 3. The van der Waals surface area contributed by atoms with Gasteiger partial charge in [-0.15, -0.1) is 0 Å².